The molecular weight excluding hydrogens is 427 g/mol. The maximum absolute atomic E-state index is 13.4. The molecule has 5 nitrogen and oxygen atoms in total. The second-order valence-corrected chi connectivity index (χ2v) is 8.64. The van der Waals surface area contributed by atoms with E-state index in [2.05, 4.69) is 62.0 Å². The Kier molecular flexibility index (Phi) is 9.40. The minimum Gasteiger partial charge on any atom is -0.492 e. The molecule has 1 heterocycles. The lowest BCUT2D eigenvalue weighted by Crippen LogP contribution is -2.28. The lowest BCUT2D eigenvalue weighted by Gasteiger charge is -2.20. The number of aryl methyl sites for hydroxylation is 2. The number of nitrogens with one attached hydrogen (secondary N) is 1. The zero-order chi connectivity index (χ0) is 24.5. The molecule has 0 saturated carbocycles. The second kappa shape index (κ2) is 12.5. The first-order chi connectivity index (χ1) is 16.4. The van der Waals surface area contributed by atoms with Gasteiger partial charge in [-0.25, -0.2) is 9.37 Å². The van der Waals surface area contributed by atoms with Crippen LogP contribution in [0.3, 0.4) is 0 Å². The number of benzene rings is 2. The molecule has 2 aromatic carbocycles. The zero-order valence-corrected chi connectivity index (χ0v) is 21.1. The summed E-state index contributed by atoms with van der Waals surface area (Å²) >= 11 is 0. The van der Waals surface area contributed by atoms with Gasteiger partial charge < -0.3 is 15.0 Å². The Balaban J connectivity index is 1.77. The third-order valence-electron chi connectivity index (χ3n) is 6.11. The summed E-state index contributed by atoms with van der Waals surface area (Å²) < 4.78 is 19.5. The van der Waals surface area contributed by atoms with Crippen LogP contribution < -0.4 is 10.1 Å². The standard InChI is InChI=1S/C28H37FN4O/c1-6-9-25(22-10-12-24(29)13-11-22)31-27-19-30-18-26(32-27)23-16-20(4)28(21(5)17-23)34-15-14-33(7-2)8-3/h10-13,16-19,25H,6-9,14-15H2,1-5H3,(H,31,32). The molecule has 0 amide bonds. The summed E-state index contributed by atoms with van der Waals surface area (Å²) in [5.74, 6) is 1.42. The van der Waals surface area contributed by atoms with Crippen molar-refractivity contribution in [3.63, 3.8) is 0 Å². The number of aromatic nitrogens is 2. The summed E-state index contributed by atoms with van der Waals surface area (Å²) in [5.41, 5.74) is 5.03. The van der Waals surface area contributed by atoms with Gasteiger partial charge >= 0.3 is 0 Å². The van der Waals surface area contributed by atoms with Gasteiger partial charge in [0.1, 0.15) is 24.0 Å². The Bertz CT molecular complexity index is 1030. The summed E-state index contributed by atoms with van der Waals surface area (Å²) in [7, 11) is 0. The smallest absolute Gasteiger partial charge is 0.145 e. The average Bonchev–Trinajstić information content (AvgIpc) is 2.83. The van der Waals surface area contributed by atoms with Crippen molar-refractivity contribution < 1.29 is 9.13 Å². The Morgan fingerprint density at radius 2 is 1.68 bits per heavy atom. The summed E-state index contributed by atoms with van der Waals surface area (Å²) in [5, 5.41) is 3.49. The number of hydrogen-bond donors (Lipinski definition) is 1. The van der Waals surface area contributed by atoms with Gasteiger partial charge in [0.2, 0.25) is 0 Å². The Morgan fingerprint density at radius 3 is 2.29 bits per heavy atom. The molecule has 0 spiro atoms. The molecule has 1 N–H and O–H groups in total. The summed E-state index contributed by atoms with van der Waals surface area (Å²) in [6.45, 7) is 14.3. The molecule has 0 aliphatic rings. The van der Waals surface area contributed by atoms with Gasteiger partial charge in [-0.05, 0) is 74.3 Å². The molecule has 0 saturated heterocycles. The van der Waals surface area contributed by atoms with Crippen LogP contribution in [0.5, 0.6) is 5.75 Å². The predicted molar refractivity (Wildman–Crippen MR) is 138 cm³/mol. The molecule has 34 heavy (non-hydrogen) atoms. The van der Waals surface area contributed by atoms with E-state index in [0.717, 1.165) is 66.2 Å². The van der Waals surface area contributed by atoms with E-state index >= 15 is 0 Å². The first-order valence-electron chi connectivity index (χ1n) is 12.3. The van der Waals surface area contributed by atoms with Crippen LogP contribution in [0.15, 0.2) is 48.8 Å². The maximum Gasteiger partial charge on any atom is 0.145 e. The van der Waals surface area contributed by atoms with Crippen LogP contribution >= 0.6 is 0 Å². The lowest BCUT2D eigenvalue weighted by atomic mass is 10.0. The number of ether oxygens (including phenoxy) is 1. The van der Waals surface area contributed by atoms with Crippen molar-refractivity contribution >= 4 is 5.82 Å². The highest BCUT2D eigenvalue weighted by molar-refractivity contribution is 5.64. The predicted octanol–water partition coefficient (Wildman–Crippen LogP) is 6.57. The lowest BCUT2D eigenvalue weighted by molar-refractivity contribution is 0.221. The number of likely N-dealkylation sites (N-methyl/N-ethyl adjacent to an activating group) is 1. The summed E-state index contributed by atoms with van der Waals surface area (Å²) in [6, 6.07) is 10.9. The van der Waals surface area contributed by atoms with Crippen LogP contribution in [0, 0.1) is 19.7 Å². The number of nitrogens with zero attached hydrogens (tertiary/aromatic N) is 3. The van der Waals surface area contributed by atoms with E-state index in [4.69, 9.17) is 9.72 Å². The third-order valence-corrected chi connectivity index (χ3v) is 6.11. The quantitative estimate of drug-likeness (QED) is 0.328. The van der Waals surface area contributed by atoms with Crippen molar-refractivity contribution in [2.24, 2.45) is 0 Å². The molecule has 0 radical (unpaired) electrons. The summed E-state index contributed by atoms with van der Waals surface area (Å²) in [6.07, 6.45) is 5.43. The zero-order valence-electron chi connectivity index (χ0n) is 21.1. The van der Waals surface area contributed by atoms with Gasteiger partial charge in [-0.1, -0.05) is 39.3 Å². The number of hydrogen-bond acceptors (Lipinski definition) is 5. The minimum absolute atomic E-state index is 0.0419. The first kappa shape index (κ1) is 25.6. The monoisotopic (exact) mass is 464 g/mol. The van der Waals surface area contributed by atoms with Crippen molar-refractivity contribution in [1.82, 2.24) is 14.9 Å². The van der Waals surface area contributed by atoms with Crippen LogP contribution in [-0.2, 0) is 0 Å². The van der Waals surface area contributed by atoms with E-state index in [-0.39, 0.29) is 11.9 Å². The first-order valence-corrected chi connectivity index (χ1v) is 12.3. The van der Waals surface area contributed by atoms with Gasteiger partial charge in [0.25, 0.3) is 0 Å². The van der Waals surface area contributed by atoms with E-state index in [1.807, 2.05) is 12.1 Å². The summed E-state index contributed by atoms with van der Waals surface area (Å²) in [4.78, 5) is 11.6. The molecule has 3 aromatic rings. The Hall–Kier alpha value is -2.99. The maximum atomic E-state index is 13.4. The fourth-order valence-corrected chi connectivity index (χ4v) is 4.20. The van der Waals surface area contributed by atoms with E-state index in [0.29, 0.717) is 12.4 Å². The average molecular weight is 465 g/mol. The van der Waals surface area contributed by atoms with Crippen LogP contribution in [0.1, 0.15) is 56.3 Å². The van der Waals surface area contributed by atoms with Crippen molar-refractivity contribution in [2.45, 2.75) is 53.5 Å². The minimum atomic E-state index is -0.230. The van der Waals surface area contributed by atoms with Crippen molar-refractivity contribution in [2.75, 3.05) is 31.6 Å². The van der Waals surface area contributed by atoms with E-state index in [1.54, 1.807) is 12.4 Å². The fraction of sp³-hybridized carbons (Fsp3) is 0.429. The van der Waals surface area contributed by atoms with Crippen LogP contribution in [-0.4, -0.2) is 41.1 Å². The van der Waals surface area contributed by atoms with E-state index < -0.39 is 0 Å². The molecule has 0 aliphatic heterocycles. The Morgan fingerprint density at radius 1 is 1.00 bits per heavy atom. The van der Waals surface area contributed by atoms with Crippen LogP contribution in [0.25, 0.3) is 11.3 Å². The largest absolute Gasteiger partial charge is 0.492 e. The van der Waals surface area contributed by atoms with Gasteiger partial charge in [0.15, 0.2) is 0 Å². The highest BCUT2D eigenvalue weighted by atomic mass is 19.1. The molecule has 1 aromatic heterocycles. The third kappa shape index (κ3) is 6.76. The number of rotatable bonds is 12. The molecule has 1 atom stereocenters. The van der Waals surface area contributed by atoms with Gasteiger partial charge in [-0.3, -0.25) is 4.98 Å². The normalized spacial score (nSPS) is 12.1. The van der Waals surface area contributed by atoms with Gasteiger partial charge in [0, 0.05) is 12.1 Å². The van der Waals surface area contributed by atoms with Crippen molar-refractivity contribution in [3.8, 4) is 17.0 Å². The number of anilines is 1. The molecule has 1 unspecified atom stereocenters. The number of halogens is 1. The van der Waals surface area contributed by atoms with Crippen LogP contribution in [0.2, 0.25) is 0 Å². The Labute approximate surface area is 203 Å². The molecule has 3 rings (SSSR count). The molecule has 0 aliphatic carbocycles. The molecule has 0 fully saturated rings. The van der Waals surface area contributed by atoms with Crippen LogP contribution in [0.4, 0.5) is 10.2 Å². The van der Waals surface area contributed by atoms with Gasteiger partial charge in [0.05, 0.1) is 24.1 Å². The van der Waals surface area contributed by atoms with E-state index in [1.165, 1.54) is 12.1 Å². The topological polar surface area (TPSA) is 50.3 Å². The SMILES string of the molecule is CCCC(Nc1cncc(-c2cc(C)c(OCCN(CC)CC)c(C)c2)n1)c1ccc(F)cc1. The highest BCUT2D eigenvalue weighted by Gasteiger charge is 2.14. The highest BCUT2D eigenvalue weighted by Crippen LogP contribution is 2.30. The van der Waals surface area contributed by atoms with Gasteiger partial charge in [-0.2, -0.15) is 0 Å². The molecule has 182 valence electrons. The van der Waals surface area contributed by atoms with Crippen molar-refractivity contribution in [3.05, 3.63) is 71.3 Å². The molecule has 6 heteroatoms. The van der Waals surface area contributed by atoms with Gasteiger partial charge in [-0.15, -0.1) is 0 Å². The second-order valence-electron chi connectivity index (χ2n) is 8.64. The van der Waals surface area contributed by atoms with Crippen molar-refractivity contribution in [1.29, 1.82) is 0 Å². The molecular formula is C28H37FN4O. The fourth-order valence-electron chi connectivity index (χ4n) is 4.20. The molecule has 0 bridgehead atoms. The van der Waals surface area contributed by atoms with E-state index in [9.17, 15) is 4.39 Å².